The number of hydrogen-bond donors (Lipinski definition) is 0. The van der Waals surface area contributed by atoms with E-state index >= 15 is 0 Å². The fourth-order valence-electron chi connectivity index (χ4n) is 1.04. The molecule has 70 valence electrons. The van der Waals surface area contributed by atoms with E-state index in [0.717, 1.165) is 25.1 Å². The third-order valence-corrected chi connectivity index (χ3v) is 1.99. The molecule has 0 radical (unpaired) electrons. The second-order valence-electron chi connectivity index (χ2n) is 2.78. The molecule has 0 spiro atoms. The summed E-state index contributed by atoms with van der Waals surface area (Å²) in [6.07, 6.45) is 8.52. The summed E-state index contributed by atoms with van der Waals surface area (Å²) >= 11 is 5.52. The zero-order valence-corrected chi connectivity index (χ0v) is 8.15. The maximum atomic E-state index is 9.67. The summed E-state index contributed by atoms with van der Waals surface area (Å²) in [4.78, 5) is 13.2. The summed E-state index contributed by atoms with van der Waals surface area (Å²) in [5.41, 5.74) is 0. The van der Waals surface area contributed by atoms with Crippen LogP contribution in [0.15, 0.2) is 4.99 Å². The third-order valence-electron chi connectivity index (χ3n) is 1.72. The molecule has 12 heavy (non-hydrogen) atoms. The van der Waals surface area contributed by atoms with Gasteiger partial charge in [-0.25, -0.2) is 9.79 Å². The van der Waals surface area contributed by atoms with Crippen LogP contribution in [-0.2, 0) is 4.79 Å². The fraction of sp³-hybridized carbons (Fsp3) is 0.889. The molecule has 0 aromatic heterocycles. The second kappa shape index (κ2) is 10.7. The highest BCUT2D eigenvalue weighted by Gasteiger charge is 1.89. The van der Waals surface area contributed by atoms with Crippen LogP contribution in [0.1, 0.15) is 38.5 Å². The molecule has 0 amide bonds. The molecule has 0 aliphatic heterocycles. The van der Waals surface area contributed by atoms with Crippen LogP contribution in [0.5, 0.6) is 0 Å². The van der Waals surface area contributed by atoms with E-state index in [1.165, 1.54) is 25.3 Å². The Morgan fingerprint density at radius 1 is 1.00 bits per heavy atom. The van der Waals surface area contributed by atoms with Crippen molar-refractivity contribution in [2.75, 3.05) is 12.4 Å². The molecular formula is C9H16ClNO. The van der Waals surface area contributed by atoms with Crippen LogP contribution in [0.25, 0.3) is 0 Å². The lowest BCUT2D eigenvalue weighted by Gasteiger charge is -1.97. The van der Waals surface area contributed by atoms with Crippen LogP contribution < -0.4 is 0 Å². The van der Waals surface area contributed by atoms with Crippen LogP contribution in [0.2, 0.25) is 0 Å². The van der Waals surface area contributed by atoms with Crippen LogP contribution in [0.3, 0.4) is 0 Å². The van der Waals surface area contributed by atoms with Crippen LogP contribution in [-0.4, -0.2) is 18.5 Å². The maximum absolute atomic E-state index is 9.67. The van der Waals surface area contributed by atoms with Crippen molar-refractivity contribution in [1.29, 1.82) is 0 Å². The van der Waals surface area contributed by atoms with Gasteiger partial charge < -0.3 is 0 Å². The molecule has 0 atom stereocenters. The number of hydrogen-bond acceptors (Lipinski definition) is 2. The van der Waals surface area contributed by atoms with Gasteiger partial charge >= 0.3 is 0 Å². The second-order valence-corrected chi connectivity index (χ2v) is 3.16. The number of isocyanates is 1. The first-order valence-electron chi connectivity index (χ1n) is 4.51. The molecule has 0 saturated heterocycles. The van der Waals surface area contributed by atoms with Gasteiger partial charge in [0.25, 0.3) is 0 Å². The summed E-state index contributed by atoms with van der Waals surface area (Å²) in [7, 11) is 0. The minimum absolute atomic E-state index is 0.638. The molecule has 3 heteroatoms. The summed E-state index contributed by atoms with van der Waals surface area (Å²) < 4.78 is 0. The van der Waals surface area contributed by atoms with Gasteiger partial charge in [-0.15, -0.1) is 11.6 Å². The van der Waals surface area contributed by atoms with Gasteiger partial charge in [0.15, 0.2) is 0 Å². The lowest BCUT2D eigenvalue weighted by atomic mass is 10.1. The molecule has 0 fully saturated rings. The minimum Gasteiger partial charge on any atom is -0.211 e. The number of aliphatic imine (C=N–C) groups is 1. The normalized spacial score (nSPS) is 9.42. The average molecular weight is 190 g/mol. The molecule has 0 aliphatic rings. The lowest BCUT2D eigenvalue weighted by molar-refractivity contribution is 0.560. The topological polar surface area (TPSA) is 29.4 Å². The molecule has 0 unspecified atom stereocenters. The van der Waals surface area contributed by atoms with Crippen LogP contribution in [0.4, 0.5) is 0 Å². The average Bonchev–Trinajstić information content (AvgIpc) is 2.10. The summed E-state index contributed by atoms with van der Waals surface area (Å²) in [5, 5.41) is 0. The quantitative estimate of drug-likeness (QED) is 0.250. The van der Waals surface area contributed by atoms with Gasteiger partial charge in [-0.3, -0.25) is 0 Å². The van der Waals surface area contributed by atoms with E-state index in [1.54, 1.807) is 0 Å². The molecule has 0 aromatic rings. The summed E-state index contributed by atoms with van der Waals surface area (Å²) in [6.45, 7) is 0.638. The Morgan fingerprint density at radius 3 is 2.17 bits per heavy atom. The number of halogens is 1. The SMILES string of the molecule is O=C=NCCCCCCCCCl. The first-order chi connectivity index (χ1) is 5.91. The number of rotatable bonds is 8. The smallest absolute Gasteiger partial charge is 0.211 e. The van der Waals surface area contributed by atoms with Crippen molar-refractivity contribution < 1.29 is 4.79 Å². The lowest BCUT2D eigenvalue weighted by Crippen LogP contribution is -1.83. The molecule has 0 saturated carbocycles. The van der Waals surface area contributed by atoms with Gasteiger partial charge in [-0.2, -0.15) is 0 Å². The first kappa shape index (κ1) is 11.7. The van der Waals surface area contributed by atoms with Crippen molar-refractivity contribution in [2.45, 2.75) is 38.5 Å². The van der Waals surface area contributed by atoms with Gasteiger partial charge in [0.1, 0.15) is 0 Å². The molecule has 0 N–H and O–H groups in total. The Morgan fingerprint density at radius 2 is 1.58 bits per heavy atom. The number of nitrogens with zero attached hydrogens (tertiary/aromatic N) is 1. The van der Waals surface area contributed by atoms with E-state index in [-0.39, 0.29) is 0 Å². The Hall–Kier alpha value is -0.330. The molecular weight excluding hydrogens is 174 g/mol. The van der Waals surface area contributed by atoms with Gasteiger partial charge in [-0.1, -0.05) is 25.7 Å². The first-order valence-corrected chi connectivity index (χ1v) is 5.05. The van der Waals surface area contributed by atoms with Crippen molar-refractivity contribution in [3.8, 4) is 0 Å². The Labute approximate surface area is 79.0 Å². The Bertz CT molecular complexity index is 132. The van der Waals surface area contributed by atoms with Crippen LogP contribution >= 0.6 is 11.6 Å². The number of unbranched alkanes of at least 4 members (excludes halogenated alkanes) is 5. The van der Waals surface area contributed by atoms with Crippen molar-refractivity contribution in [1.82, 2.24) is 0 Å². The monoisotopic (exact) mass is 189 g/mol. The summed E-state index contributed by atoms with van der Waals surface area (Å²) in [6, 6.07) is 0. The van der Waals surface area contributed by atoms with Crippen molar-refractivity contribution in [2.24, 2.45) is 4.99 Å². The fourth-order valence-corrected chi connectivity index (χ4v) is 1.23. The van der Waals surface area contributed by atoms with Gasteiger partial charge in [0.05, 0.1) is 6.54 Å². The molecule has 0 bridgehead atoms. The van der Waals surface area contributed by atoms with Crippen molar-refractivity contribution in [3.05, 3.63) is 0 Å². The van der Waals surface area contributed by atoms with Crippen molar-refractivity contribution >= 4 is 17.7 Å². The van der Waals surface area contributed by atoms with E-state index in [1.807, 2.05) is 0 Å². The minimum atomic E-state index is 0.638. The zero-order chi connectivity index (χ0) is 9.07. The van der Waals surface area contributed by atoms with Gasteiger partial charge in [0, 0.05) is 5.88 Å². The Balaban J connectivity index is 2.86. The molecule has 0 rings (SSSR count). The standard InChI is InChI=1S/C9H16ClNO/c10-7-5-3-1-2-4-6-8-11-9-12/h1-8H2. The number of carbonyl (C=O) groups excluding carboxylic acids is 1. The van der Waals surface area contributed by atoms with Crippen molar-refractivity contribution in [3.63, 3.8) is 0 Å². The zero-order valence-electron chi connectivity index (χ0n) is 7.39. The van der Waals surface area contributed by atoms with Crippen LogP contribution in [0, 0.1) is 0 Å². The maximum Gasteiger partial charge on any atom is 0.234 e. The van der Waals surface area contributed by atoms with E-state index in [2.05, 4.69) is 4.99 Å². The highest BCUT2D eigenvalue weighted by atomic mass is 35.5. The van der Waals surface area contributed by atoms with E-state index in [0.29, 0.717) is 6.54 Å². The summed E-state index contributed by atoms with van der Waals surface area (Å²) in [5.74, 6) is 0.773. The molecule has 0 aliphatic carbocycles. The number of alkyl halides is 1. The largest absolute Gasteiger partial charge is 0.234 e. The predicted octanol–water partition coefficient (Wildman–Crippen LogP) is 2.90. The predicted molar refractivity (Wildman–Crippen MR) is 51.4 cm³/mol. The molecule has 0 heterocycles. The van der Waals surface area contributed by atoms with Gasteiger partial charge in [-0.05, 0) is 12.8 Å². The highest BCUT2D eigenvalue weighted by Crippen LogP contribution is 2.05. The highest BCUT2D eigenvalue weighted by molar-refractivity contribution is 6.17. The Kier molecular flexibility index (Phi) is 10.4. The molecule has 2 nitrogen and oxygen atoms in total. The van der Waals surface area contributed by atoms with E-state index in [4.69, 9.17) is 11.6 Å². The third kappa shape index (κ3) is 9.67. The van der Waals surface area contributed by atoms with Gasteiger partial charge in [0.2, 0.25) is 6.08 Å². The van der Waals surface area contributed by atoms with E-state index < -0.39 is 0 Å². The van der Waals surface area contributed by atoms with E-state index in [9.17, 15) is 4.79 Å². The molecule has 0 aromatic carbocycles.